The highest BCUT2D eigenvalue weighted by Gasteiger charge is 2.16. The molecule has 3 aromatic rings. The molecule has 0 radical (unpaired) electrons. The predicted octanol–water partition coefficient (Wildman–Crippen LogP) is 2.38. The Morgan fingerprint density at radius 2 is 1.80 bits per heavy atom. The van der Waals surface area contributed by atoms with Gasteiger partial charge in [-0.3, -0.25) is 0 Å². The van der Waals surface area contributed by atoms with Crippen LogP contribution in [0, 0.1) is 6.92 Å². The minimum absolute atomic E-state index is 0.240. The number of hydrogen-bond acceptors (Lipinski definition) is 9. The lowest BCUT2D eigenvalue weighted by molar-refractivity contribution is 0.324. The number of nitrogens with zero attached hydrogens (tertiary/aromatic N) is 4. The number of nitrogen functional groups attached to an aromatic ring is 1. The average Bonchev–Trinajstić information content (AvgIpc) is 3.19. The number of nitrogens with one attached hydrogen (secondary N) is 1. The van der Waals surface area contributed by atoms with E-state index in [0.29, 0.717) is 34.0 Å². The minimum Gasteiger partial charge on any atom is -0.493 e. The molecular weight excluding hydrogens is 344 g/mol. The number of methoxy groups -OCH3 is 3. The van der Waals surface area contributed by atoms with E-state index >= 15 is 0 Å². The van der Waals surface area contributed by atoms with Gasteiger partial charge in [-0.2, -0.15) is 9.67 Å². The van der Waals surface area contributed by atoms with Gasteiger partial charge in [0.2, 0.25) is 22.8 Å². The zero-order valence-electron chi connectivity index (χ0n) is 14.2. The van der Waals surface area contributed by atoms with Gasteiger partial charge in [-0.25, -0.2) is 4.98 Å². The molecule has 3 N–H and O–H groups in total. The summed E-state index contributed by atoms with van der Waals surface area (Å²) in [5, 5.41) is 8.08. The topological polar surface area (TPSA) is 109 Å². The lowest BCUT2D eigenvalue weighted by atomic mass is 10.2. The number of anilines is 3. The molecule has 2 aromatic heterocycles. The van der Waals surface area contributed by atoms with E-state index < -0.39 is 0 Å². The monoisotopic (exact) mass is 362 g/mol. The summed E-state index contributed by atoms with van der Waals surface area (Å²) in [5.41, 5.74) is 6.61. The number of benzene rings is 1. The summed E-state index contributed by atoms with van der Waals surface area (Å²) < 4.78 is 17.5. The fourth-order valence-electron chi connectivity index (χ4n) is 2.24. The van der Waals surface area contributed by atoms with Gasteiger partial charge in [-0.05, 0) is 6.92 Å². The Hall–Kier alpha value is -3.01. The molecule has 0 amide bonds. The second-order valence-corrected chi connectivity index (χ2v) is 6.21. The molecule has 3 rings (SSSR count). The highest BCUT2D eigenvalue weighted by atomic mass is 32.1. The second kappa shape index (κ2) is 6.85. The van der Waals surface area contributed by atoms with Gasteiger partial charge in [0.05, 0.1) is 21.3 Å². The molecule has 0 spiro atoms. The van der Waals surface area contributed by atoms with Crippen LogP contribution in [-0.4, -0.2) is 41.1 Å². The first-order valence-electron chi connectivity index (χ1n) is 7.28. The summed E-state index contributed by atoms with van der Waals surface area (Å²) in [5.74, 6) is 2.12. The van der Waals surface area contributed by atoms with Crippen molar-refractivity contribution in [2.45, 2.75) is 6.92 Å². The van der Waals surface area contributed by atoms with E-state index in [0.717, 1.165) is 4.88 Å². The fourth-order valence-corrected chi connectivity index (χ4v) is 2.96. The summed E-state index contributed by atoms with van der Waals surface area (Å²) in [6, 6.07) is 3.51. The van der Waals surface area contributed by atoms with Crippen LogP contribution in [0.25, 0.3) is 5.13 Å². The van der Waals surface area contributed by atoms with Crippen LogP contribution in [0.3, 0.4) is 0 Å². The van der Waals surface area contributed by atoms with Crippen LogP contribution in [0.5, 0.6) is 17.2 Å². The zero-order chi connectivity index (χ0) is 18.0. The van der Waals surface area contributed by atoms with E-state index in [-0.39, 0.29) is 5.95 Å². The van der Waals surface area contributed by atoms with Crippen LogP contribution in [-0.2, 0) is 0 Å². The van der Waals surface area contributed by atoms with Gasteiger partial charge in [0.25, 0.3) is 0 Å². The molecule has 0 aliphatic carbocycles. The summed E-state index contributed by atoms with van der Waals surface area (Å²) in [6.45, 7) is 1.96. The smallest absolute Gasteiger partial charge is 0.248 e. The van der Waals surface area contributed by atoms with Gasteiger partial charge in [0.15, 0.2) is 11.5 Å². The molecule has 0 fully saturated rings. The lowest BCUT2D eigenvalue weighted by Crippen LogP contribution is -2.01. The molecule has 10 heteroatoms. The zero-order valence-corrected chi connectivity index (χ0v) is 15.0. The SMILES string of the molecule is COc1cc(Nc2nc(N)n(-c3ncc(C)s3)n2)cc(OC)c1OC. The molecule has 0 saturated heterocycles. The van der Waals surface area contributed by atoms with Crippen LogP contribution < -0.4 is 25.3 Å². The molecule has 25 heavy (non-hydrogen) atoms. The van der Waals surface area contributed by atoms with Gasteiger partial charge in [-0.1, -0.05) is 0 Å². The highest BCUT2D eigenvalue weighted by molar-refractivity contribution is 7.14. The third-order valence-electron chi connectivity index (χ3n) is 3.34. The highest BCUT2D eigenvalue weighted by Crippen LogP contribution is 2.40. The molecular formula is C15H18N6O3S. The maximum Gasteiger partial charge on any atom is 0.248 e. The summed E-state index contributed by atoms with van der Waals surface area (Å²) in [7, 11) is 4.65. The quantitative estimate of drug-likeness (QED) is 0.688. The Bertz CT molecular complexity index is 866. The van der Waals surface area contributed by atoms with E-state index in [9.17, 15) is 0 Å². The molecule has 9 nitrogen and oxygen atoms in total. The Morgan fingerprint density at radius 1 is 1.12 bits per heavy atom. The van der Waals surface area contributed by atoms with Crippen molar-refractivity contribution in [1.82, 2.24) is 19.7 Å². The number of aromatic nitrogens is 4. The molecule has 0 atom stereocenters. The van der Waals surface area contributed by atoms with Crippen LogP contribution in [0.4, 0.5) is 17.6 Å². The molecule has 0 aliphatic rings. The largest absolute Gasteiger partial charge is 0.493 e. The van der Waals surface area contributed by atoms with Crippen molar-refractivity contribution in [3.05, 3.63) is 23.2 Å². The van der Waals surface area contributed by atoms with Crippen LogP contribution >= 0.6 is 11.3 Å². The third-order valence-corrected chi connectivity index (χ3v) is 4.23. The number of ether oxygens (including phenoxy) is 3. The van der Waals surface area contributed by atoms with Crippen molar-refractivity contribution in [3.63, 3.8) is 0 Å². The van der Waals surface area contributed by atoms with Gasteiger partial charge in [-0.15, -0.1) is 16.4 Å². The molecule has 0 aliphatic heterocycles. The van der Waals surface area contributed by atoms with E-state index in [4.69, 9.17) is 19.9 Å². The summed E-state index contributed by atoms with van der Waals surface area (Å²) in [6.07, 6.45) is 1.76. The number of thiazole rings is 1. The summed E-state index contributed by atoms with van der Waals surface area (Å²) >= 11 is 1.48. The van der Waals surface area contributed by atoms with Gasteiger partial charge < -0.3 is 25.3 Å². The fraction of sp³-hybridized carbons (Fsp3) is 0.267. The molecule has 2 heterocycles. The van der Waals surface area contributed by atoms with Gasteiger partial charge >= 0.3 is 0 Å². The van der Waals surface area contributed by atoms with Crippen molar-refractivity contribution in [3.8, 4) is 22.4 Å². The van der Waals surface area contributed by atoms with Gasteiger partial charge in [0, 0.05) is 28.9 Å². The van der Waals surface area contributed by atoms with Crippen LogP contribution in [0.15, 0.2) is 18.3 Å². The first-order valence-corrected chi connectivity index (χ1v) is 8.09. The van der Waals surface area contributed by atoms with E-state index in [2.05, 4.69) is 20.4 Å². The number of nitrogens with two attached hydrogens (primary N) is 1. The van der Waals surface area contributed by atoms with E-state index in [1.807, 2.05) is 6.92 Å². The Balaban J connectivity index is 1.93. The predicted molar refractivity (Wildman–Crippen MR) is 95.6 cm³/mol. The van der Waals surface area contributed by atoms with Gasteiger partial charge in [0.1, 0.15) is 0 Å². The normalized spacial score (nSPS) is 10.6. The second-order valence-electron chi connectivity index (χ2n) is 5.00. The number of rotatable bonds is 6. The maximum atomic E-state index is 5.94. The standard InChI is InChI=1S/C15H18N6O3S/c1-8-7-17-15(25-8)21-13(16)19-14(20-21)18-9-5-10(22-2)12(24-4)11(6-9)23-3/h5-7H,1-4H3,(H3,16,18,19,20). The Morgan fingerprint density at radius 3 is 2.32 bits per heavy atom. The van der Waals surface area contributed by atoms with Crippen molar-refractivity contribution in [2.75, 3.05) is 32.4 Å². The molecule has 132 valence electrons. The lowest BCUT2D eigenvalue weighted by Gasteiger charge is -2.14. The van der Waals surface area contributed by atoms with E-state index in [1.165, 1.54) is 16.0 Å². The van der Waals surface area contributed by atoms with Crippen molar-refractivity contribution < 1.29 is 14.2 Å². The first-order chi connectivity index (χ1) is 12.0. The number of hydrogen-bond donors (Lipinski definition) is 2. The number of aryl methyl sites for hydroxylation is 1. The molecule has 0 bridgehead atoms. The molecule has 1 aromatic carbocycles. The third kappa shape index (κ3) is 3.29. The maximum absolute atomic E-state index is 5.94. The molecule has 0 saturated carbocycles. The van der Waals surface area contributed by atoms with Crippen LogP contribution in [0.2, 0.25) is 0 Å². The Labute approximate surface area is 148 Å². The van der Waals surface area contributed by atoms with Crippen LogP contribution in [0.1, 0.15) is 4.88 Å². The van der Waals surface area contributed by atoms with Crippen molar-refractivity contribution in [2.24, 2.45) is 0 Å². The van der Waals surface area contributed by atoms with E-state index in [1.54, 1.807) is 39.7 Å². The van der Waals surface area contributed by atoms with Crippen molar-refractivity contribution in [1.29, 1.82) is 0 Å². The first kappa shape index (κ1) is 16.8. The minimum atomic E-state index is 0.240. The summed E-state index contributed by atoms with van der Waals surface area (Å²) in [4.78, 5) is 9.54. The van der Waals surface area contributed by atoms with Crippen molar-refractivity contribution >= 4 is 28.9 Å². The Kier molecular flexibility index (Phi) is 4.61. The average molecular weight is 362 g/mol. The molecule has 0 unspecified atom stereocenters.